The number of carbonyl (C=O) groups excluding carboxylic acids is 1. The van der Waals surface area contributed by atoms with E-state index in [0.717, 1.165) is 29.1 Å². The number of hydrogen-bond acceptors (Lipinski definition) is 10. The lowest BCUT2D eigenvalue weighted by atomic mass is 9.93. The summed E-state index contributed by atoms with van der Waals surface area (Å²) in [5.41, 5.74) is 11.3. The molecule has 2 aromatic carbocycles. The summed E-state index contributed by atoms with van der Waals surface area (Å²) >= 11 is 0. The van der Waals surface area contributed by atoms with Crippen molar-refractivity contribution in [2.45, 2.75) is 39.2 Å². The molecular weight excluding hydrogens is 606 g/mol. The molecule has 13 nitrogen and oxygen atoms in total. The summed E-state index contributed by atoms with van der Waals surface area (Å²) in [6.45, 7) is 9.15. The van der Waals surface area contributed by atoms with Crippen molar-refractivity contribution in [1.82, 2.24) is 34.1 Å². The number of nitrogen functional groups attached to an aromatic ring is 1. The number of aromatic nitrogens is 5. The van der Waals surface area contributed by atoms with E-state index in [1.807, 2.05) is 63.2 Å². The molecule has 3 aromatic heterocycles. The van der Waals surface area contributed by atoms with Gasteiger partial charge in [-0.2, -0.15) is 9.40 Å². The van der Waals surface area contributed by atoms with Gasteiger partial charge in [-0.1, -0.05) is 50.2 Å². The van der Waals surface area contributed by atoms with E-state index in [1.165, 1.54) is 16.9 Å². The molecule has 6 rings (SSSR count). The van der Waals surface area contributed by atoms with Gasteiger partial charge in [-0.3, -0.25) is 9.69 Å². The van der Waals surface area contributed by atoms with Gasteiger partial charge < -0.3 is 15.6 Å². The molecule has 240 valence electrons. The van der Waals surface area contributed by atoms with Gasteiger partial charge in [0.05, 0.1) is 29.4 Å². The van der Waals surface area contributed by atoms with E-state index in [1.54, 1.807) is 16.8 Å². The summed E-state index contributed by atoms with van der Waals surface area (Å²) in [6.07, 6.45) is 2.77. The Labute approximate surface area is 267 Å². The molecule has 0 saturated carbocycles. The van der Waals surface area contributed by atoms with Gasteiger partial charge in [0.1, 0.15) is 23.6 Å². The second-order valence-electron chi connectivity index (χ2n) is 12.6. The number of nitrogens with two attached hydrogens (primary N) is 1. The van der Waals surface area contributed by atoms with Crippen LogP contribution in [-0.4, -0.2) is 80.9 Å². The Morgan fingerprint density at radius 1 is 1.00 bits per heavy atom. The fourth-order valence-electron chi connectivity index (χ4n) is 5.41. The fraction of sp³-hybridized carbons (Fsp3) is 0.344. The lowest BCUT2D eigenvalue weighted by Gasteiger charge is -2.33. The Morgan fingerprint density at radius 2 is 1.70 bits per heavy atom. The van der Waals surface area contributed by atoms with Crippen molar-refractivity contribution in [2.75, 3.05) is 43.5 Å². The number of rotatable bonds is 8. The third-order valence-corrected chi connectivity index (χ3v) is 9.27. The van der Waals surface area contributed by atoms with E-state index in [4.69, 9.17) is 15.4 Å². The molecule has 0 aliphatic carbocycles. The highest BCUT2D eigenvalue weighted by Crippen LogP contribution is 2.32. The molecule has 0 unspecified atom stereocenters. The van der Waals surface area contributed by atoms with Crippen LogP contribution in [0.3, 0.4) is 0 Å². The van der Waals surface area contributed by atoms with Gasteiger partial charge in [0, 0.05) is 55.5 Å². The number of nitrogens with zero attached hydrogens (tertiary/aromatic N) is 7. The van der Waals surface area contributed by atoms with Crippen LogP contribution in [0.4, 0.5) is 11.5 Å². The summed E-state index contributed by atoms with van der Waals surface area (Å²) in [5.74, 6) is 0.854. The number of anilines is 2. The molecule has 3 N–H and O–H groups in total. The van der Waals surface area contributed by atoms with Crippen molar-refractivity contribution in [1.29, 1.82) is 0 Å². The van der Waals surface area contributed by atoms with Crippen molar-refractivity contribution >= 4 is 38.5 Å². The number of fused-ring (bicyclic) bond motifs is 1. The van der Waals surface area contributed by atoms with Crippen molar-refractivity contribution in [3.63, 3.8) is 0 Å². The number of benzene rings is 2. The number of sulfonamides is 1. The molecule has 1 amide bonds. The minimum Gasteiger partial charge on any atom is -0.383 e. The first-order valence-electron chi connectivity index (χ1n) is 15.0. The maximum atomic E-state index is 12.7. The maximum Gasteiger partial charge on any atom is 0.230 e. The molecule has 0 radical (unpaired) electrons. The summed E-state index contributed by atoms with van der Waals surface area (Å²) in [4.78, 5) is 23.6. The van der Waals surface area contributed by atoms with Crippen molar-refractivity contribution in [3.05, 3.63) is 77.9 Å². The molecule has 4 heterocycles. The highest BCUT2D eigenvalue weighted by atomic mass is 32.2. The minimum absolute atomic E-state index is 0.100. The van der Waals surface area contributed by atoms with E-state index >= 15 is 0 Å². The molecule has 0 bridgehead atoms. The zero-order chi connectivity index (χ0) is 32.6. The summed E-state index contributed by atoms with van der Waals surface area (Å²) in [5, 5.41) is 12.5. The minimum atomic E-state index is -3.16. The van der Waals surface area contributed by atoms with Crippen LogP contribution in [0.5, 0.6) is 0 Å². The predicted molar refractivity (Wildman–Crippen MR) is 176 cm³/mol. The SMILES string of the molecule is CC(C)(C)c1cc(CC(=O)Nc2ccc(-n3nc(-c4ccc(CN5CCN(S(C)(=O)=O)CC5)cc4)c4c(N)ncnc43)cc2)no1. The van der Waals surface area contributed by atoms with Crippen LogP contribution < -0.4 is 11.1 Å². The molecule has 1 fully saturated rings. The van der Waals surface area contributed by atoms with Gasteiger partial charge in [-0.15, -0.1) is 0 Å². The third-order valence-electron chi connectivity index (χ3n) is 7.96. The van der Waals surface area contributed by atoms with E-state index in [-0.39, 0.29) is 17.7 Å². The van der Waals surface area contributed by atoms with Gasteiger partial charge in [0.25, 0.3) is 0 Å². The van der Waals surface area contributed by atoms with Crippen LogP contribution in [-0.2, 0) is 33.2 Å². The van der Waals surface area contributed by atoms with Crippen molar-refractivity contribution < 1.29 is 17.7 Å². The normalized spacial score (nSPS) is 15.0. The molecule has 0 atom stereocenters. The zero-order valence-electron chi connectivity index (χ0n) is 26.3. The van der Waals surface area contributed by atoms with Crippen molar-refractivity contribution in [3.8, 4) is 16.9 Å². The largest absolute Gasteiger partial charge is 0.383 e. The van der Waals surface area contributed by atoms with E-state index in [2.05, 4.69) is 25.3 Å². The smallest absolute Gasteiger partial charge is 0.230 e. The number of amides is 1. The van der Waals surface area contributed by atoms with Crippen LogP contribution in [0.25, 0.3) is 28.0 Å². The first-order chi connectivity index (χ1) is 21.8. The van der Waals surface area contributed by atoms with E-state index in [9.17, 15) is 13.2 Å². The first kappa shape index (κ1) is 31.3. The second kappa shape index (κ2) is 12.3. The second-order valence-corrected chi connectivity index (χ2v) is 14.5. The van der Waals surface area contributed by atoms with Gasteiger partial charge >= 0.3 is 0 Å². The fourth-order valence-corrected chi connectivity index (χ4v) is 6.23. The zero-order valence-corrected chi connectivity index (χ0v) is 27.1. The van der Waals surface area contributed by atoms with E-state index < -0.39 is 10.0 Å². The van der Waals surface area contributed by atoms with Gasteiger partial charge in [-0.25, -0.2) is 23.1 Å². The lowest BCUT2D eigenvalue weighted by Crippen LogP contribution is -2.47. The summed E-state index contributed by atoms with van der Waals surface area (Å²) < 4.78 is 32.3. The first-order valence-corrected chi connectivity index (χ1v) is 16.8. The lowest BCUT2D eigenvalue weighted by molar-refractivity contribution is -0.115. The molecule has 0 spiro atoms. The Balaban J connectivity index is 1.17. The highest BCUT2D eigenvalue weighted by Gasteiger charge is 2.24. The highest BCUT2D eigenvalue weighted by molar-refractivity contribution is 7.88. The Morgan fingerprint density at radius 3 is 2.33 bits per heavy atom. The summed E-state index contributed by atoms with van der Waals surface area (Å²) in [6, 6.07) is 17.2. The van der Waals surface area contributed by atoms with Crippen LogP contribution in [0.15, 0.2) is 65.4 Å². The van der Waals surface area contributed by atoms with Gasteiger partial charge in [-0.05, 0) is 29.8 Å². The average molecular weight is 644 g/mol. The number of carbonyl (C=O) groups is 1. The monoisotopic (exact) mass is 643 g/mol. The van der Waals surface area contributed by atoms with E-state index in [0.29, 0.717) is 60.1 Å². The van der Waals surface area contributed by atoms with Crippen LogP contribution >= 0.6 is 0 Å². The van der Waals surface area contributed by atoms with Gasteiger partial charge in [0.15, 0.2) is 5.65 Å². The van der Waals surface area contributed by atoms with Gasteiger partial charge in [0.2, 0.25) is 15.9 Å². The Kier molecular flexibility index (Phi) is 8.35. The van der Waals surface area contributed by atoms with Crippen molar-refractivity contribution in [2.24, 2.45) is 0 Å². The average Bonchev–Trinajstić information content (AvgIpc) is 3.64. The molecule has 14 heteroatoms. The number of hydrogen-bond donors (Lipinski definition) is 2. The maximum absolute atomic E-state index is 12.7. The topological polar surface area (TPSA) is 165 Å². The molecule has 5 aromatic rings. The molecule has 1 saturated heterocycles. The predicted octanol–water partition coefficient (Wildman–Crippen LogP) is 3.61. The molecular formula is C32H37N9O4S. The van der Waals surface area contributed by atoms with Crippen LogP contribution in [0, 0.1) is 0 Å². The quantitative estimate of drug-likeness (QED) is 0.255. The Hall–Kier alpha value is -4.66. The third kappa shape index (κ3) is 6.78. The number of nitrogens with one attached hydrogen (secondary N) is 1. The standard InChI is InChI=1S/C32H37N9O4S/c1-32(2,3)26-17-24(38-45-26)18-27(42)36-23-9-11-25(12-10-23)41-31-28(30(33)34-20-35-31)29(37-41)22-7-5-21(6-8-22)19-39-13-15-40(16-14-39)46(4,43)44/h5-12,17,20H,13-16,18-19H2,1-4H3,(H,36,42)(H2,33,34,35). The van der Waals surface area contributed by atoms with Crippen LogP contribution in [0.2, 0.25) is 0 Å². The number of piperazine rings is 1. The Bertz CT molecular complexity index is 1970. The molecule has 1 aliphatic rings. The van der Waals surface area contributed by atoms with Crippen LogP contribution in [0.1, 0.15) is 37.8 Å². The molecule has 1 aliphatic heterocycles. The molecule has 46 heavy (non-hydrogen) atoms. The summed E-state index contributed by atoms with van der Waals surface area (Å²) in [7, 11) is -3.16.